The molecule has 156 valence electrons. The van der Waals surface area contributed by atoms with Gasteiger partial charge in [0.15, 0.2) is 5.82 Å². The van der Waals surface area contributed by atoms with Crippen LogP contribution in [-0.4, -0.2) is 45.8 Å². The zero-order valence-corrected chi connectivity index (χ0v) is 17.7. The van der Waals surface area contributed by atoms with Gasteiger partial charge < -0.3 is 14.6 Å². The number of aromatic amines is 2. The van der Waals surface area contributed by atoms with Crippen LogP contribution in [0.5, 0.6) is 0 Å². The number of aryl methyl sites for hydroxylation is 1. The van der Waals surface area contributed by atoms with Crippen LogP contribution in [0.25, 0.3) is 22.6 Å². The van der Waals surface area contributed by atoms with E-state index in [0.717, 1.165) is 65.4 Å². The molecular formula is C23H27N5O2. The SMILES string of the molecule is Cc1cc2nc(-c3n[nH]c4c3C[C@@H]3C[C@]3(C)C4)[nH]c2cc1N(C)C(=O)C1CCCO1. The van der Waals surface area contributed by atoms with Crippen molar-refractivity contribution in [1.29, 1.82) is 0 Å². The van der Waals surface area contributed by atoms with Crippen molar-refractivity contribution in [1.82, 2.24) is 20.2 Å². The van der Waals surface area contributed by atoms with Gasteiger partial charge in [-0.2, -0.15) is 5.10 Å². The number of imidazole rings is 1. The summed E-state index contributed by atoms with van der Waals surface area (Å²) < 4.78 is 5.59. The number of hydrogen-bond acceptors (Lipinski definition) is 4. The fourth-order valence-electron chi connectivity index (χ4n) is 5.38. The molecule has 6 rings (SSSR count). The van der Waals surface area contributed by atoms with Gasteiger partial charge in [-0.15, -0.1) is 0 Å². The Kier molecular flexibility index (Phi) is 3.73. The van der Waals surface area contributed by atoms with Crippen LogP contribution in [0.4, 0.5) is 5.69 Å². The van der Waals surface area contributed by atoms with Gasteiger partial charge in [0, 0.05) is 30.6 Å². The van der Waals surface area contributed by atoms with Crippen molar-refractivity contribution in [2.45, 2.75) is 52.1 Å². The van der Waals surface area contributed by atoms with Crippen LogP contribution < -0.4 is 4.90 Å². The molecule has 0 radical (unpaired) electrons. The third-order valence-electron chi connectivity index (χ3n) is 7.44. The van der Waals surface area contributed by atoms with Crippen LogP contribution in [0, 0.1) is 18.3 Å². The number of nitrogens with one attached hydrogen (secondary N) is 2. The second-order valence-corrected chi connectivity index (χ2v) is 9.61. The van der Waals surface area contributed by atoms with Crippen molar-refractivity contribution < 1.29 is 9.53 Å². The van der Waals surface area contributed by atoms with Crippen LogP contribution >= 0.6 is 0 Å². The number of nitrogens with zero attached hydrogens (tertiary/aromatic N) is 3. The average Bonchev–Trinajstić information content (AvgIpc) is 3.18. The van der Waals surface area contributed by atoms with Gasteiger partial charge in [-0.25, -0.2) is 4.98 Å². The lowest BCUT2D eigenvalue weighted by atomic mass is 9.88. The summed E-state index contributed by atoms with van der Waals surface area (Å²) in [6.07, 6.45) is 4.88. The molecule has 1 saturated carbocycles. The minimum absolute atomic E-state index is 0.0172. The molecule has 1 saturated heterocycles. The molecule has 1 unspecified atom stereocenters. The van der Waals surface area contributed by atoms with Gasteiger partial charge in [0.1, 0.15) is 11.8 Å². The Morgan fingerprint density at radius 1 is 1.37 bits per heavy atom. The Hall–Kier alpha value is -2.67. The maximum absolute atomic E-state index is 12.8. The number of H-pyrrole nitrogens is 2. The summed E-state index contributed by atoms with van der Waals surface area (Å²) in [5.41, 5.74) is 7.71. The van der Waals surface area contributed by atoms with E-state index < -0.39 is 0 Å². The topological polar surface area (TPSA) is 86.9 Å². The van der Waals surface area contributed by atoms with E-state index in [9.17, 15) is 4.79 Å². The summed E-state index contributed by atoms with van der Waals surface area (Å²) in [4.78, 5) is 22.8. The van der Waals surface area contributed by atoms with E-state index >= 15 is 0 Å². The predicted molar refractivity (Wildman–Crippen MR) is 114 cm³/mol. The molecule has 1 aromatic carbocycles. The lowest BCUT2D eigenvalue weighted by Crippen LogP contribution is -2.36. The van der Waals surface area contributed by atoms with E-state index in [1.165, 1.54) is 17.7 Å². The highest BCUT2D eigenvalue weighted by Crippen LogP contribution is 2.59. The Labute approximate surface area is 175 Å². The molecule has 3 heterocycles. The van der Waals surface area contributed by atoms with E-state index in [0.29, 0.717) is 12.0 Å². The maximum atomic E-state index is 12.8. The van der Waals surface area contributed by atoms with Gasteiger partial charge in [-0.05, 0) is 68.1 Å². The fraction of sp³-hybridized carbons (Fsp3) is 0.522. The first kappa shape index (κ1) is 18.1. The number of benzene rings is 1. The molecule has 0 spiro atoms. The predicted octanol–water partition coefficient (Wildman–Crippen LogP) is 3.53. The molecule has 1 aliphatic heterocycles. The molecular weight excluding hydrogens is 378 g/mol. The molecule has 7 nitrogen and oxygen atoms in total. The first-order valence-corrected chi connectivity index (χ1v) is 10.9. The fourth-order valence-corrected chi connectivity index (χ4v) is 5.38. The molecule has 2 aliphatic carbocycles. The lowest BCUT2D eigenvalue weighted by Gasteiger charge is -2.22. The summed E-state index contributed by atoms with van der Waals surface area (Å²) in [5, 5.41) is 7.87. The highest BCUT2D eigenvalue weighted by atomic mass is 16.5. The second kappa shape index (κ2) is 6.17. The number of fused-ring (bicyclic) bond motifs is 3. The molecule has 3 atom stereocenters. The van der Waals surface area contributed by atoms with E-state index in [1.807, 2.05) is 26.1 Å². The van der Waals surface area contributed by atoms with Crippen molar-refractivity contribution in [2.24, 2.45) is 11.3 Å². The van der Waals surface area contributed by atoms with Crippen molar-refractivity contribution in [3.8, 4) is 11.5 Å². The summed E-state index contributed by atoms with van der Waals surface area (Å²) in [6.45, 7) is 5.06. The molecule has 2 N–H and O–H groups in total. The van der Waals surface area contributed by atoms with Crippen LogP contribution in [0.1, 0.15) is 43.0 Å². The zero-order valence-electron chi connectivity index (χ0n) is 17.7. The highest BCUT2D eigenvalue weighted by molar-refractivity contribution is 5.99. The normalized spacial score (nSPS) is 27.2. The standard InChI is InChI=1S/C23H27N5O2/c1-12-7-15-16(9-18(12)28(3)22(29)19-5-4-6-30-19)25-21(24-15)20-14-8-13-10-23(13,2)11-17(14)26-27-20/h7,9,13,19H,4-6,8,10-11H2,1-3H3,(H,24,25)(H,26,27)/t13-,19?,23-/m1/s1. The van der Waals surface area contributed by atoms with Crippen LogP contribution in [-0.2, 0) is 22.4 Å². The van der Waals surface area contributed by atoms with Crippen molar-refractivity contribution in [3.05, 3.63) is 29.0 Å². The number of ether oxygens (including phenoxy) is 1. The molecule has 3 aromatic rings. The minimum Gasteiger partial charge on any atom is -0.368 e. The van der Waals surface area contributed by atoms with E-state index in [2.05, 4.69) is 22.1 Å². The van der Waals surface area contributed by atoms with Gasteiger partial charge >= 0.3 is 0 Å². The first-order chi connectivity index (χ1) is 14.4. The maximum Gasteiger partial charge on any atom is 0.255 e. The van der Waals surface area contributed by atoms with Gasteiger partial charge in [0.2, 0.25) is 0 Å². The number of aromatic nitrogens is 4. The number of amides is 1. The lowest BCUT2D eigenvalue weighted by molar-refractivity contribution is -0.127. The molecule has 3 aliphatic rings. The van der Waals surface area contributed by atoms with Crippen molar-refractivity contribution in [2.75, 3.05) is 18.6 Å². The summed E-state index contributed by atoms with van der Waals surface area (Å²) in [5.74, 6) is 1.59. The Balaban J connectivity index is 1.35. The second-order valence-electron chi connectivity index (χ2n) is 9.61. The van der Waals surface area contributed by atoms with Crippen LogP contribution in [0.3, 0.4) is 0 Å². The highest BCUT2D eigenvalue weighted by Gasteiger charge is 2.53. The molecule has 2 fully saturated rings. The van der Waals surface area contributed by atoms with Gasteiger partial charge in [-0.1, -0.05) is 6.92 Å². The number of likely N-dealkylation sites (N-methyl/N-ethyl adjacent to an activating group) is 1. The summed E-state index contributed by atoms with van der Waals surface area (Å²) in [7, 11) is 1.83. The minimum atomic E-state index is -0.328. The van der Waals surface area contributed by atoms with E-state index in [-0.39, 0.29) is 12.0 Å². The third-order valence-corrected chi connectivity index (χ3v) is 7.44. The molecule has 7 heteroatoms. The number of carbonyl (C=O) groups is 1. The van der Waals surface area contributed by atoms with Gasteiger partial charge in [0.05, 0.1) is 11.0 Å². The molecule has 2 aromatic heterocycles. The quantitative estimate of drug-likeness (QED) is 0.698. The van der Waals surface area contributed by atoms with Gasteiger partial charge in [0.25, 0.3) is 5.91 Å². The number of rotatable bonds is 3. The first-order valence-electron chi connectivity index (χ1n) is 10.9. The van der Waals surface area contributed by atoms with Gasteiger partial charge in [-0.3, -0.25) is 9.89 Å². The molecule has 1 amide bonds. The van der Waals surface area contributed by atoms with Crippen LogP contribution in [0.15, 0.2) is 12.1 Å². The van der Waals surface area contributed by atoms with Crippen molar-refractivity contribution in [3.63, 3.8) is 0 Å². The zero-order chi connectivity index (χ0) is 20.6. The van der Waals surface area contributed by atoms with E-state index in [1.54, 1.807) is 4.90 Å². The van der Waals surface area contributed by atoms with E-state index in [4.69, 9.17) is 9.72 Å². The number of hydrogen-bond donors (Lipinski definition) is 2. The monoisotopic (exact) mass is 405 g/mol. The van der Waals surface area contributed by atoms with Crippen LogP contribution in [0.2, 0.25) is 0 Å². The Morgan fingerprint density at radius 2 is 2.23 bits per heavy atom. The Morgan fingerprint density at radius 3 is 3.03 bits per heavy atom. The third kappa shape index (κ3) is 2.64. The Bertz CT molecular complexity index is 1170. The smallest absolute Gasteiger partial charge is 0.255 e. The largest absolute Gasteiger partial charge is 0.368 e. The van der Waals surface area contributed by atoms with Crippen molar-refractivity contribution >= 4 is 22.6 Å². The average molecular weight is 406 g/mol. The number of carbonyl (C=O) groups excluding carboxylic acids is 1. The summed E-state index contributed by atoms with van der Waals surface area (Å²) in [6, 6.07) is 4.06. The number of anilines is 1. The summed E-state index contributed by atoms with van der Waals surface area (Å²) >= 11 is 0. The molecule has 30 heavy (non-hydrogen) atoms. The molecule has 0 bridgehead atoms.